The van der Waals surface area contributed by atoms with E-state index in [0.717, 1.165) is 12.8 Å². The van der Waals surface area contributed by atoms with E-state index >= 15 is 0 Å². The quantitative estimate of drug-likeness (QED) is 0.814. The van der Waals surface area contributed by atoms with Crippen LogP contribution in [0.1, 0.15) is 18.9 Å². The van der Waals surface area contributed by atoms with Crippen molar-refractivity contribution >= 4 is 10.9 Å². The Morgan fingerprint density at radius 1 is 1.33 bits per heavy atom. The van der Waals surface area contributed by atoms with Crippen LogP contribution in [-0.2, 0) is 13.5 Å². The molecule has 0 bridgehead atoms. The minimum atomic E-state index is -0.212. The van der Waals surface area contributed by atoms with Crippen LogP contribution in [0.5, 0.6) is 0 Å². The summed E-state index contributed by atoms with van der Waals surface area (Å²) in [5.74, 6) is 0. The summed E-state index contributed by atoms with van der Waals surface area (Å²) in [7, 11) is 2.05. The van der Waals surface area contributed by atoms with Crippen molar-refractivity contribution in [3.63, 3.8) is 0 Å². The van der Waals surface area contributed by atoms with E-state index in [1.165, 1.54) is 16.5 Å². The summed E-state index contributed by atoms with van der Waals surface area (Å²) in [5.41, 5.74) is 2.56. The second-order valence-electron chi connectivity index (χ2n) is 4.21. The zero-order valence-electron chi connectivity index (χ0n) is 9.27. The highest BCUT2D eigenvalue weighted by molar-refractivity contribution is 5.80. The van der Waals surface area contributed by atoms with E-state index in [0.29, 0.717) is 0 Å². The third kappa shape index (κ3) is 2.21. The van der Waals surface area contributed by atoms with Crippen LogP contribution in [0.2, 0.25) is 0 Å². The Morgan fingerprint density at radius 3 is 2.87 bits per heavy atom. The van der Waals surface area contributed by atoms with Gasteiger partial charge in [0, 0.05) is 18.8 Å². The Hall–Kier alpha value is -1.28. The van der Waals surface area contributed by atoms with E-state index in [1.54, 1.807) is 0 Å². The molecule has 0 saturated heterocycles. The van der Waals surface area contributed by atoms with E-state index < -0.39 is 0 Å². The first-order chi connectivity index (χ1) is 7.16. The number of aryl methyl sites for hydroxylation is 2. The standard InChI is InChI=1S/C13H17NO/c1-10(15)3-4-11-5-6-13-12(9-11)7-8-14(13)2/h5-10,15H,3-4H2,1-2H3/t10-/m0/s1. The number of aromatic nitrogens is 1. The molecule has 0 saturated carbocycles. The zero-order chi connectivity index (χ0) is 10.8. The topological polar surface area (TPSA) is 25.2 Å². The average molecular weight is 203 g/mol. The molecule has 0 unspecified atom stereocenters. The highest BCUT2D eigenvalue weighted by Gasteiger charge is 2.01. The first kappa shape index (κ1) is 10.2. The van der Waals surface area contributed by atoms with Gasteiger partial charge in [0.15, 0.2) is 0 Å². The highest BCUT2D eigenvalue weighted by atomic mass is 16.3. The largest absolute Gasteiger partial charge is 0.393 e. The van der Waals surface area contributed by atoms with Gasteiger partial charge in [0.1, 0.15) is 0 Å². The highest BCUT2D eigenvalue weighted by Crippen LogP contribution is 2.17. The van der Waals surface area contributed by atoms with Crippen LogP contribution in [0.3, 0.4) is 0 Å². The van der Waals surface area contributed by atoms with Crippen LogP contribution in [0.25, 0.3) is 10.9 Å². The number of aliphatic hydroxyl groups excluding tert-OH is 1. The molecule has 2 nitrogen and oxygen atoms in total. The van der Waals surface area contributed by atoms with Gasteiger partial charge in [0.25, 0.3) is 0 Å². The summed E-state index contributed by atoms with van der Waals surface area (Å²) < 4.78 is 2.12. The molecule has 0 fully saturated rings. The summed E-state index contributed by atoms with van der Waals surface area (Å²) in [5, 5.41) is 10.5. The van der Waals surface area contributed by atoms with Gasteiger partial charge in [-0.3, -0.25) is 0 Å². The summed E-state index contributed by atoms with van der Waals surface area (Å²) in [4.78, 5) is 0. The fraction of sp³-hybridized carbons (Fsp3) is 0.385. The fourth-order valence-corrected chi connectivity index (χ4v) is 1.86. The maximum Gasteiger partial charge on any atom is 0.0515 e. The molecule has 0 amide bonds. The van der Waals surface area contributed by atoms with E-state index in [2.05, 4.69) is 42.1 Å². The Balaban J connectivity index is 2.23. The molecule has 1 aromatic carbocycles. The zero-order valence-corrected chi connectivity index (χ0v) is 9.27. The second-order valence-corrected chi connectivity index (χ2v) is 4.21. The average Bonchev–Trinajstić information content (AvgIpc) is 2.57. The molecule has 0 aliphatic rings. The molecule has 2 rings (SSSR count). The van der Waals surface area contributed by atoms with Crippen LogP contribution >= 0.6 is 0 Å². The van der Waals surface area contributed by atoms with E-state index in [4.69, 9.17) is 0 Å². The lowest BCUT2D eigenvalue weighted by Crippen LogP contribution is -2.01. The van der Waals surface area contributed by atoms with Gasteiger partial charge in [-0.25, -0.2) is 0 Å². The minimum Gasteiger partial charge on any atom is -0.393 e. The fourth-order valence-electron chi connectivity index (χ4n) is 1.86. The van der Waals surface area contributed by atoms with E-state index in [-0.39, 0.29) is 6.10 Å². The Bertz CT molecular complexity index is 457. The lowest BCUT2D eigenvalue weighted by Gasteiger charge is -2.04. The number of benzene rings is 1. The number of rotatable bonds is 3. The Morgan fingerprint density at radius 2 is 2.13 bits per heavy atom. The maximum atomic E-state index is 9.23. The van der Waals surface area contributed by atoms with Crippen molar-refractivity contribution in [2.24, 2.45) is 7.05 Å². The molecule has 0 radical (unpaired) electrons. The van der Waals surface area contributed by atoms with Crippen molar-refractivity contribution in [2.75, 3.05) is 0 Å². The smallest absolute Gasteiger partial charge is 0.0515 e. The number of fused-ring (bicyclic) bond motifs is 1. The SMILES string of the molecule is C[C@H](O)CCc1ccc2c(ccn2C)c1. The van der Waals surface area contributed by atoms with Crippen molar-refractivity contribution in [3.05, 3.63) is 36.0 Å². The summed E-state index contributed by atoms with van der Waals surface area (Å²) in [6.07, 6.45) is 3.64. The number of hydrogen-bond donors (Lipinski definition) is 1. The van der Waals surface area contributed by atoms with Crippen molar-refractivity contribution in [3.8, 4) is 0 Å². The number of hydrogen-bond acceptors (Lipinski definition) is 1. The maximum absolute atomic E-state index is 9.23. The molecule has 2 heteroatoms. The molecule has 2 aromatic rings. The summed E-state index contributed by atoms with van der Waals surface area (Å²) >= 11 is 0. The van der Waals surface area contributed by atoms with Gasteiger partial charge in [-0.15, -0.1) is 0 Å². The van der Waals surface area contributed by atoms with Gasteiger partial charge in [-0.05, 0) is 48.9 Å². The van der Waals surface area contributed by atoms with E-state index in [1.807, 2.05) is 6.92 Å². The molecule has 1 atom stereocenters. The van der Waals surface area contributed by atoms with Gasteiger partial charge < -0.3 is 9.67 Å². The van der Waals surface area contributed by atoms with Gasteiger partial charge in [0.2, 0.25) is 0 Å². The van der Waals surface area contributed by atoms with Crippen LogP contribution in [0.4, 0.5) is 0 Å². The number of nitrogens with zero attached hydrogens (tertiary/aromatic N) is 1. The van der Waals surface area contributed by atoms with Crippen molar-refractivity contribution in [1.82, 2.24) is 4.57 Å². The third-order valence-electron chi connectivity index (χ3n) is 2.80. The molecule has 0 aliphatic heterocycles. The molecule has 0 spiro atoms. The van der Waals surface area contributed by atoms with Crippen LogP contribution < -0.4 is 0 Å². The normalized spacial score (nSPS) is 13.3. The van der Waals surface area contributed by atoms with E-state index in [9.17, 15) is 5.11 Å². The van der Waals surface area contributed by atoms with Crippen molar-refractivity contribution in [1.29, 1.82) is 0 Å². The second kappa shape index (κ2) is 4.07. The van der Waals surface area contributed by atoms with Gasteiger partial charge >= 0.3 is 0 Å². The summed E-state index contributed by atoms with van der Waals surface area (Å²) in [6.45, 7) is 1.83. The van der Waals surface area contributed by atoms with Gasteiger partial charge in [0.05, 0.1) is 6.10 Å². The van der Waals surface area contributed by atoms with Crippen LogP contribution in [0, 0.1) is 0 Å². The Kier molecular flexibility index (Phi) is 2.78. The monoisotopic (exact) mass is 203 g/mol. The van der Waals surface area contributed by atoms with Crippen LogP contribution in [0.15, 0.2) is 30.5 Å². The number of aliphatic hydroxyl groups is 1. The molecule has 1 aromatic heterocycles. The molecule has 1 heterocycles. The molecular weight excluding hydrogens is 186 g/mol. The molecule has 15 heavy (non-hydrogen) atoms. The van der Waals surface area contributed by atoms with Crippen LogP contribution in [-0.4, -0.2) is 15.8 Å². The first-order valence-electron chi connectivity index (χ1n) is 5.39. The first-order valence-corrected chi connectivity index (χ1v) is 5.39. The lowest BCUT2D eigenvalue weighted by molar-refractivity contribution is 0.185. The van der Waals surface area contributed by atoms with Gasteiger partial charge in [-0.1, -0.05) is 6.07 Å². The van der Waals surface area contributed by atoms with Crippen molar-refractivity contribution in [2.45, 2.75) is 25.9 Å². The molecule has 0 aliphatic carbocycles. The van der Waals surface area contributed by atoms with Gasteiger partial charge in [-0.2, -0.15) is 0 Å². The van der Waals surface area contributed by atoms with Crippen molar-refractivity contribution < 1.29 is 5.11 Å². The molecule has 1 N–H and O–H groups in total. The Labute approximate surface area is 90.2 Å². The predicted octanol–water partition coefficient (Wildman–Crippen LogP) is 2.49. The molecular formula is C13H17NO. The summed E-state index contributed by atoms with van der Waals surface area (Å²) in [6, 6.07) is 8.62. The minimum absolute atomic E-state index is 0.212. The molecule has 80 valence electrons. The lowest BCUT2D eigenvalue weighted by atomic mass is 10.1. The predicted molar refractivity (Wildman–Crippen MR) is 62.9 cm³/mol. The third-order valence-corrected chi connectivity index (χ3v) is 2.80.